The van der Waals surface area contributed by atoms with E-state index in [1.54, 1.807) is 6.92 Å². The number of carbonyl (C=O) groups excluding carboxylic acids is 1. The molecule has 1 atom stereocenters. The molecule has 0 radical (unpaired) electrons. The molecule has 1 saturated carbocycles. The highest BCUT2D eigenvalue weighted by atomic mass is 19.3. The molecule has 1 aliphatic carbocycles. The number of hydrogen-bond donors (Lipinski definition) is 2. The van der Waals surface area contributed by atoms with Crippen LogP contribution in [0.1, 0.15) is 29.3 Å². The predicted octanol–water partition coefficient (Wildman–Crippen LogP) is 2.68. The van der Waals surface area contributed by atoms with Crippen molar-refractivity contribution in [1.82, 2.24) is 0 Å². The van der Waals surface area contributed by atoms with Crippen molar-refractivity contribution in [2.24, 2.45) is 5.41 Å². The SMILES string of the molecule is Cc1ccc(C(=O)O)cc1NC(=O)C1(C)CC1(F)F. The number of benzene rings is 1. The molecule has 0 aromatic heterocycles. The number of rotatable bonds is 3. The van der Waals surface area contributed by atoms with Gasteiger partial charge in [0.2, 0.25) is 5.91 Å². The van der Waals surface area contributed by atoms with Crippen LogP contribution in [0.15, 0.2) is 18.2 Å². The molecule has 1 fully saturated rings. The highest BCUT2D eigenvalue weighted by Gasteiger charge is 2.72. The van der Waals surface area contributed by atoms with Gasteiger partial charge < -0.3 is 10.4 Å². The highest BCUT2D eigenvalue weighted by molar-refractivity contribution is 6.00. The van der Waals surface area contributed by atoms with Gasteiger partial charge in [0, 0.05) is 12.1 Å². The molecule has 1 unspecified atom stereocenters. The van der Waals surface area contributed by atoms with Gasteiger partial charge in [-0.25, -0.2) is 13.6 Å². The predicted molar refractivity (Wildman–Crippen MR) is 64.4 cm³/mol. The Labute approximate surface area is 108 Å². The molecule has 2 N–H and O–H groups in total. The Kier molecular flexibility index (Phi) is 2.84. The van der Waals surface area contributed by atoms with Crippen LogP contribution in [0.2, 0.25) is 0 Å². The largest absolute Gasteiger partial charge is 0.478 e. The molecule has 1 aromatic carbocycles. The first-order chi connectivity index (χ1) is 8.67. The zero-order valence-electron chi connectivity index (χ0n) is 10.5. The number of aryl methyl sites for hydroxylation is 1. The topological polar surface area (TPSA) is 66.4 Å². The van der Waals surface area contributed by atoms with Crippen LogP contribution < -0.4 is 5.32 Å². The van der Waals surface area contributed by atoms with Gasteiger partial charge >= 0.3 is 5.97 Å². The maximum absolute atomic E-state index is 13.1. The lowest BCUT2D eigenvalue weighted by atomic mass is 10.1. The van der Waals surface area contributed by atoms with E-state index in [-0.39, 0.29) is 11.3 Å². The van der Waals surface area contributed by atoms with Gasteiger partial charge in [0.05, 0.1) is 5.56 Å². The zero-order chi connectivity index (χ0) is 14.4. The summed E-state index contributed by atoms with van der Waals surface area (Å²) < 4.78 is 26.2. The summed E-state index contributed by atoms with van der Waals surface area (Å²) >= 11 is 0. The van der Waals surface area contributed by atoms with Gasteiger partial charge in [-0.05, 0) is 31.5 Å². The first-order valence-electron chi connectivity index (χ1n) is 5.70. The summed E-state index contributed by atoms with van der Waals surface area (Å²) in [5.41, 5.74) is -0.841. The van der Waals surface area contributed by atoms with E-state index in [1.807, 2.05) is 0 Å². The van der Waals surface area contributed by atoms with Crippen LogP contribution in [0, 0.1) is 12.3 Å². The fourth-order valence-corrected chi connectivity index (χ4v) is 1.80. The molecule has 102 valence electrons. The fraction of sp³-hybridized carbons (Fsp3) is 0.385. The summed E-state index contributed by atoms with van der Waals surface area (Å²) in [6, 6.07) is 4.17. The second-order valence-electron chi connectivity index (χ2n) is 5.00. The van der Waals surface area contributed by atoms with Crippen molar-refractivity contribution < 1.29 is 23.5 Å². The van der Waals surface area contributed by atoms with E-state index in [0.717, 1.165) is 0 Å². The van der Waals surface area contributed by atoms with Gasteiger partial charge in [0.25, 0.3) is 5.92 Å². The summed E-state index contributed by atoms with van der Waals surface area (Å²) in [5.74, 6) is -4.92. The van der Waals surface area contributed by atoms with Crippen LogP contribution in [-0.2, 0) is 4.79 Å². The monoisotopic (exact) mass is 269 g/mol. The third kappa shape index (κ3) is 2.18. The molecule has 0 spiro atoms. The van der Waals surface area contributed by atoms with Crippen molar-refractivity contribution in [1.29, 1.82) is 0 Å². The third-order valence-corrected chi connectivity index (χ3v) is 3.49. The Balaban J connectivity index is 2.22. The lowest BCUT2D eigenvalue weighted by Crippen LogP contribution is -2.27. The minimum Gasteiger partial charge on any atom is -0.478 e. The van der Waals surface area contributed by atoms with Crippen LogP contribution in [0.4, 0.5) is 14.5 Å². The smallest absolute Gasteiger partial charge is 0.335 e. The molecule has 0 saturated heterocycles. The summed E-state index contributed by atoms with van der Waals surface area (Å²) in [6.45, 7) is 2.85. The molecular formula is C13H13F2NO3. The lowest BCUT2D eigenvalue weighted by molar-refractivity contribution is -0.123. The molecule has 1 aliphatic rings. The van der Waals surface area contributed by atoms with Gasteiger partial charge in [-0.3, -0.25) is 4.79 Å². The van der Waals surface area contributed by atoms with E-state index in [1.165, 1.54) is 25.1 Å². The van der Waals surface area contributed by atoms with Crippen LogP contribution in [0.25, 0.3) is 0 Å². The van der Waals surface area contributed by atoms with Gasteiger partial charge in [-0.15, -0.1) is 0 Å². The first kappa shape index (κ1) is 13.5. The number of halogens is 2. The highest BCUT2D eigenvalue weighted by Crippen LogP contribution is 2.60. The zero-order valence-corrected chi connectivity index (χ0v) is 10.5. The average Bonchev–Trinajstić information content (AvgIpc) is 2.82. The normalized spacial score (nSPS) is 23.8. The second-order valence-corrected chi connectivity index (χ2v) is 5.00. The van der Waals surface area contributed by atoms with Gasteiger partial charge in [-0.1, -0.05) is 6.07 Å². The van der Waals surface area contributed by atoms with Crippen molar-refractivity contribution in [2.45, 2.75) is 26.2 Å². The number of alkyl halides is 2. The maximum Gasteiger partial charge on any atom is 0.335 e. The summed E-state index contributed by atoms with van der Waals surface area (Å²) in [7, 11) is 0. The second kappa shape index (κ2) is 4.01. The Morgan fingerprint density at radius 3 is 2.42 bits per heavy atom. The van der Waals surface area contributed by atoms with Crippen LogP contribution in [-0.4, -0.2) is 22.9 Å². The van der Waals surface area contributed by atoms with Crippen molar-refractivity contribution in [3.8, 4) is 0 Å². The fourth-order valence-electron chi connectivity index (χ4n) is 1.80. The third-order valence-electron chi connectivity index (χ3n) is 3.49. The molecule has 6 heteroatoms. The number of carbonyl (C=O) groups is 2. The molecule has 0 bridgehead atoms. The number of hydrogen-bond acceptors (Lipinski definition) is 2. The first-order valence-corrected chi connectivity index (χ1v) is 5.70. The minimum absolute atomic E-state index is 0.00592. The molecule has 0 heterocycles. The number of nitrogens with one attached hydrogen (secondary N) is 1. The van der Waals surface area contributed by atoms with Crippen LogP contribution in [0.5, 0.6) is 0 Å². The van der Waals surface area contributed by atoms with Crippen molar-refractivity contribution in [3.05, 3.63) is 29.3 Å². The molecule has 4 nitrogen and oxygen atoms in total. The van der Waals surface area contributed by atoms with E-state index < -0.39 is 29.6 Å². The van der Waals surface area contributed by atoms with E-state index in [2.05, 4.69) is 5.32 Å². The Bertz CT molecular complexity index is 571. The maximum atomic E-state index is 13.1. The number of anilines is 1. The van der Waals surface area contributed by atoms with Crippen molar-refractivity contribution in [3.63, 3.8) is 0 Å². The van der Waals surface area contributed by atoms with Gasteiger partial charge in [0.1, 0.15) is 5.41 Å². The van der Waals surface area contributed by atoms with Gasteiger partial charge in [0.15, 0.2) is 0 Å². The lowest BCUT2D eigenvalue weighted by Gasteiger charge is -2.13. The van der Waals surface area contributed by atoms with Crippen LogP contribution >= 0.6 is 0 Å². The van der Waals surface area contributed by atoms with E-state index >= 15 is 0 Å². The molecule has 1 amide bonds. The molecule has 1 aromatic rings. The molecule has 2 rings (SSSR count). The summed E-state index contributed by atoms with van der Waals surface area (Å²) in [5, 5.41) is 11.2. The summed E-state index contributed by atoms with van der Waals surface area (Å²) in [4.78, 5) is 22.6. The number of aromatic carboxylic acids is 1. The quantitative estimate of drug-likeness (QED) is 0.886. The van der Waals surface area contributed by atoms with Gasteiger partial charge in [-0.2, -0.15) is 0 Å². The number of amides is 1. The number of carboxylic acids is 1. The van der Waals surface area contributed by atoms with Crippen LogP contribution in [0.3, 0.4) is 0 Å². The van der Waals surface area contributed by atoms with E-state index in [4.69, 9.17) is 5.11 Å². The van der Waals surface area contributed by atoms with E-state index in [0.29, 0.717) is 5.56 Å². The van der Waals surface area contributed by atoms with E-state index in [9.17, 15) is 18.4 Å². The molecular weight excluding hydrogens is 256 g/mol. The average molecular weight is 269 g/mol. The Hall–Kier alpha value is -1.98. The summed E-state index contributed by atoms with van der Waals surface area (Å²) in [6.07, 6.45) is -0.483. The molecule has 0 aliphatic heterocycles. The Morgan fingerprint density at radius 1 is 1.37 bits per heavy atom. The van der Waals surface area contributed by atoms with Crippen molar-refractivity contribution >= 4 is 17.6 Å². The minimum atomic E-state index is -2.99. The standard InChI is InChI=1S/C13H13F2NO3/c1-7-3-4-8(10(17)18)5-9(7)16-11(19)12(2)6-13(12,14)15/h3-5H,6H2,1-2H3,(H,16,19)(H,17,18). The molecule has 19 heavy (non-hydrogen) atoms. The Morgan fingerprint density at radius 2 is 1.95 bits per heavy atom. The number of carboxylic acid groups (broad SMARTS) is 1. The van der Waals surface area contributed by atoms with Crippen molar-refractivity contribution in [2.75, 3.05) is 5.32 Å².